The zero-order valence-electron chi connectivity index (χ0n) is 10.5. The summed E-state index contributed by atoms with van der Waals surface area (Å²) in [6.45, 7) is -0.00387. The van der Waals surface area contributed by atoms with Gasteiger partial charge in [0.05, 0.1) is 11.0 Å². The van der Waals surface area contributed by atoms with Crippen molar-refractivity contribution in [2.75, 3.05) is 20.1 Å². The Bertz CT molecular complexity index is 564. The van der Waals surface area contributed by atoms with E-state index in [2.05, 4.69) is 4.72 Å². The average molecular weight is 281 g/mol. The van der Waals surface area contributed by atoms with Crippen molar-refractivity contribution in [3.05, 3.63) is 30.3 Å². The highest BCUT2D eigenvalue weighted by atomic mass is 32.2. The first-order valence-corrected chi connectivity index (χ1v) is 7.11. The molecule has 19 heavy (non-hydrogen) atoms. The fraction of sp³-hybridized carbons (Fsp3) is 0.333. The van der Waals surface area contributed by atoms with Crippen LogP contribution in [0.3, 0.4) is 0 Å². The van der Waals surface area contributed by atoms with E-state index in [0.717, 1.165) is 0 Å². The summed E-state index contributed by atoms with van der Waals surface area (Å²) in [6, 6.07) is 9.78. The van der Waals surface area contributed by atoms with E-state index in [9.17, 15) is 13.2 Å². The maximum atomic E-state index is 11.8. The molecule has 6 nitrogen and oxygen atoms in total. The first-order valence-electron chi connectivity index (χ1n) is 5.63. The van der Waals surface area contributed by atoms with E-state index >= 15 is 0 Å². The van der Waals surface area contributed by atoms with E-state index in [1.165, 1.54) is 24.1 Å². The van der Waals surface area contributed by atoms with Crippen LogP contribution in [-0.2, 0) is 14.8 Å². The van der Waals surface area contributed by atoms with Gasteiger partial charge in [0.2, 0.25) is 15.9 Å². The SMILES string of the molecule is CN(CC#N)C(=O)CCNS(=O)(=O)c1ccccc1. The van der Waals surface area contributed by atoms with E-state index < -0.39 is 10.0 Å². The van der Waals surface area contributed by atoms with Crippen LogP contribution in [0.25, 0.3) is 0 Å². The van der Waals surface area contributed by atoms with Crippen LogP contribution >= 0.6 is 0 Å². The van der Waals surface area contributed by atoms with Crippen LogP contribution in [0.1, 0.15) is 6.42 Å². The van der Waals surface area contributed by atoms with Crippen LogP contribution in [0, 0.1) is 11.3 Å². The molecule has 0 heterocycles. The van der Waals surface area contributed by atoms with Gasteiger partial charge in [-0.3, -0.25) is 4.79 Å². The zero-order valence-corrected chi connectivity index (χ0v) is 11.4. The van der Waals surface area contributed by atoms with E-state index in [1.807, 2.05) is 6.07 Å². The van der Waals surface area contributed by atoms with Crippen molar-refractivity contribution in [2.24, 2.45) is 0 Å². The molecule has 7 heteroatoms. The van der Waals surface area contributed by atoms with E-state index in [-0.39, 0.29) is 30.3 Å². The second-order valence-corrected chi connectivity index (χ2v) is 5.64. The lowest BCUT2D eigenvalue weighted by Gasteiger charge is -2.13. The molecule has 0 aliphatic heterocycles. The summed E-state index contributed by atoms with van der Waals surface area (Å²) in [5, 5.41) is 8.43. The summed E-state index contributed by atoms with van der Waals surface area (Å²) >= 11 is 0. The highest BCUT2D eigenvalue weighted by molar-refractivity contribution is 7.89. The molecule has 0 aliphatic carbocycles. The van der Waals surface area contributed by atoms with Crippen LogP contribution in [0.4, 0.5) is 0 Å². The normalized spacial score (nSPS) is 10.7. The maximum absolute atomic E-state index is 11.8. The predicted molar refractivity (Wildman–Crippen MR) is 69.5 cm³/mol. The number of hydrogen-bond donors (Lipinski definition) is 1. The first-order chi connectivity index (χ1) is 8.97. The van der Waals surface area contributed by atoms with Gasteiger partial charge in [0, 0.05) is 20.0 Å². The van der Waals surface area contributed by atoms with Gasteiger partial charge in [0.1, 0.15) is 6.54 Å². The van der Waals surface area contributed by atoms with Gasteiger partial charge >= 0.3 is 0 Å². The summed E-state index contributed by atoms with van der Waals surface area (Å²) < 4.78 is 26.0. The van der Waals surface area contributed by atoms with Gasteiger partial charge < -0.3 is 4.90 Å². The Balaban J connectivity index is 2.50. The highest BCUT2D eigenvalue weighted by Gasteiger charge is 2.14. The predicted octanol–water partition coefficient (Wildman–Crippen LogP) is 0.337. The van der Waals surface area contributed by atoms with E-state index in [4.69, 9.17) is 5.26 Å². The Labute approximate surface area is 112 Å². The molecule has 0 radical (unpaired) electrons. The monoisotopic (exact) mass is 281 g/mol. The molecule has 0 bridgehead atoms. The van der Waals surface area contributed by atoms with Crippen LogP contribution in [0.15, 0.2) is 35.2 Å². The summed E-state index contributed by atoms with van der Waals surface area (Å²) in [5.41, 5.74) is 0. The molecular formula is C12H15N3O3S. The lowest BCUT2D eigenvalue weighted by Crippen LogP contribution is -2.32. The molecule has 0 aromatic heterocycles. The number of carbonyl (C=O) groups excluding carboxylic acids is 1. The van der Waals surface area contributed by atoms with Crippen molar-refractivity contribution >= 4 is 15.9 Å². The molecule has 0 spiro atoms. The van der Waals surface area contributed by atoms with Crippen molar-refractivity contribution in [2.45, 2.75) is 11.3 Å². The second-order valence-electron chi connectivity index (χ2n) is 3.87. The number of nitriles is 1. The molecule has 0 atom stereocenters. The Hall–Kier alpha value is -1.91. The smallest absolute Gasteiger partial charge is 0.240 e. The third-order valence-corrected chi connectivity index (χ3v) is 3.90. The van der Waals surface area contributed by atoms with Gasteiger partial charge in [0.15, 0.2) is 0 Å². The molecule has 0 aliphatic rings. The number of nitrogens with one attached hydrogen (secondary N) is 1. The Morgan fingerprint density at radius 1 is 1.37 bits per heavy atom. The molecule has 1 N–H and O–H groups in total. The summed E-state index contributed by atoms with van der Waals surface area (Å²) in [6.07, 6.45) is 0.0181. The molecule has 0 saturated carbocycles. The summed E-state index contributed by atoms with van der Waals surface area (Å²) in [7, 11) is -2.08. The van der Waals surface area contributed by atoms with Crippen molar-refractivity contribution in [3.63, 3.8) is 0 Å². The molecular weight excluding hydrogens is 266 g/mol. The maximum Gasteiger partial charge on any atom is 0.240 e. The Morgan fingerprint density at radius 2 is 2.00 bits per heavy atom. The number of amides is 1. The first kappa shape index (κ1) is 15.1. The third-order valence-electron chi connectivity index (χ3n) is 2.42. The van der Waals surface area contributed by atoms with Gasteiger partial charge in [-0.2, -0.15) is 5.26 Å². The van der Waals surface area contributed by atoms with Gasteiger partial charge in [0.25, 0.3) is 0 Å². The van der Waals surface area contributed by atoms with Crippen molar-refractivity contribution < 1.29 is 13.2 Å². The van der Waals surface area contributed by atoms with Crippen LogP contribution in [0.5, 0.6) is 0 Å². The van der Waals surface area contributed by atoms with Crippen LogP contribution in [-0.4, -0.2) is 39.4 Å². The molecule has 1 aromatic carbocycles. The van der Waals surface area contributed by atoms with Crippen molar-refractivity contribution in [1.82, 2.24) is 9.62 Å². The van der Waals surface area contributed by atoms with Gasteiger partial charge in [-0.25, -0.2) is 13.1 Å². The van der Waals surface area contributed by atoms with Crippen LogP contribution < -0.4 is 4.72 Å². The Kier molecular flexibility index (Phi) is 5.48. The minimum Gasteiger partial charge on any atom is -0.332 e. The third kappa shape index (κ3) is 4.69. The molecule has 102 valence electrons. The van der Waals surface area contributed by atoms with Crippen molar-refractivity contribution in [3.8, 4) is 6.07 Å². The minimum absolute atomic E-state index is 0.00578. The minimum atomic E-state index is -3.58. The molecule has 1 amide bonds. The number of hydrogen-bond acceptors (Lipinski definition) is 4. The van der Waals surface area contributed by atoms with E-state index in [1.54, 1.807) is 18.2 Å². The fourth-order valence-corrected chi connectivity index (χ4v) is 2.41. The topological polar surface area (TPSA) is 90.3 Å². The molecule has 1 aromatic rings. The van der Waals surface area contributed by atoms with Crippen LogP contribution in [0.2, 0.25) is 0 Å². The summed E-state index contributed by atoms with van der Waals surface area (Å²) in [5.74, 6) is -0.280. The standard InChI is InChI=1S/C12H15N3O3S/c1-15(10-8-13)12(16)7-9-14-19(17,18)11-5-3-2-4-6-11/h2-6,14H,7,9-10H2,1H3. The van der Waals surface area contributed by atoms with Gasteiger partial charge in [-0.1, -0.05) is 18.2 Å². The molecule has 0 fully saturated rings. The number of rotatable bonds is 6. The number of sulfonamides is 1. The lowest BCUT2D eigenvalue weighted by molar-refractivity contribution is -0.129. The lowest BCUT2D eigenvalue weighted by atomic mass is 10.4. The number of nitrogens with zero attached hydrogens (tertiary/aromatic N) is 2. The molecule has 0 saturated heterocycles. The quantitative estimate of drug-likeness (QED) is 0.761. The fourth-order valence-electron chi connectivity index (χ4n) is 1.36. The summed E-state index contributed by atoms with van der Waals surface area (Å²) in [4.78, 5) is 12.9. The zero-order chi connectivity index (χ0) is 14.3. The highest BCUT2D eigenvalue weighted by Crippen LogP contribution is 2.06. The number of carbonyl (C=O) groups is 1. The van der Waals surface area contributed by atoms with Crippen molar-refractivity contribution in [1.29, 1.82) is 5.26 Å². The molecule has 1 rings (SSSR count). The molecule has 0 unspecified atom stereocenters. The number of benzene rings is 1. The van der Waals surface area contributed by atoms with Gasteiger partial charge in [-0.05, 0) is 12.1 Å². The Morgan fingerprint density at radius 3 is 2.58 bits per heavy atom. The van der Waals surface area contributed by atoms with E-state index in [0.29, 0.717) is 0 Å². The second kappa shape index (κ2) is 6.87. The van der Waals surface area contributed by atoms with Gasteiger partial charge in [-0.15, -0.1) is 0 Å². The largest absolute Gasteiger partial charge is 0.332 e. The average Bonchev–Trinajstić information content (AvgIpc) is 2.39.